The highest BCUT2D eigenvalue weighted by Gasteiger charge is 2.01. The number of nitrogens with zero attached hydrogens (tertiary/aromatic N) is 2. The van der Waals surface area contributed by atoms with Gasteiger partial charge >= 0.3 is 0 Å². The van der Waals surface area contributed by atoms with Crippen LogP contribution in [0.15, 0.2) is 30.6 Å². The molecule has 2 aromatic rings. The van der Waals surface area contributed by atoms with Crippen LogP contribution in [-0.4, -0.2) is 16.5 Å². The van der Waals surface area contributed by atoms with Crippen LogP contribution < -0.4 is 10.6 Å². The molecule has 2 rings (SSSR count). The van der Waals surface area contributed by atoms with E-state index in [-0.39, 0.29) is 0 Å². The van der Waals surface area contributed by atoms with Crippen LogP contribution in [0.25, 0.3) is 0 Å². The number of hydrogen-bond donors (Lipinski definition) is 2. The Balaban J connectivity index is 2.01. The Morgan fingerprint density at radius 2 is 1.76 bits per heavy atom. The molecule has 0 aliphatic heterocycles. The predicted molar refractivity (Wildman–Crippen MR) is 89.2 cm³/mol. The fraction of sp³-hybridized carbons (Fsp3) is 0.412. The second-order valence-corrected chi connectivity index (χ2v) is 5.82. The van der Waals surface area contributed by atoms with Gasteiger partial charge in [-0.15, -0.1) is 0 Å². The van der Waals surface area contributed by atoms with Gasteiger partial charge in [-0.05, 0) is 49.4 Å². The van der Waals surface area contributed by atoms with Crippen LogP contribution >= 0.6 is 0 Å². The first kappa shape index (κ1) is 15.3. The number of nitrogens with one attached hydrogen (secondary N) is 2. The Morgan fingerprint density at radius 1 is 1.00 bits per heavy atom. The number of aromatic nitrogens is 2. The van der Waals surface area contributed by atoms with Gasteiger partial charge in [-0.2, -0.15) is 0 Å². The summed E-state index contributed by atoms with van der Waals surface area (Å²) in [4.78, 5) is 8.52. The molecule has 0 atom stereocenters. The van der Waals surface area contributed by atoms with Gasteiger partial charge in [0.1, 0.15) is 18.0 Å². The first-order chi connectivity index (χ1) is 10.0. The lowest BCUT2D eigenvalue weighted by Crippen LogP contribution is -2.07. The number of benzene rings is 1. The van der Waals surface area contributed by atoms with Gasteiger partial charge in [-0.3, -0.25) is 0 Å². The van der Waals surface area contributed by atoms with Crippen molar-refractivity contribution in [2.24, 2.45) is 5.92 Å². The number of anilines is 3. The summed E-state index contributed by atoms with van der Waals surface area (Å²) in [7, 11) is 0. The van der Waals surface area contributed by atoms with E-state index in [0.29, 0.717) is 5.92 Å². The van der Waals surface area contributed by atoms with Gasteiger partial charge in [0.15, 0.2) is 0 Å². The maximum absolute atomic E-state index is 4.27. The maximum Gasteiger partial charge on any atom is 0.135 e. The van der Waals surface area contributed by atoms with Gasteiger partial charge in [0, 0.05) is 18.3 Å². The van der Waals surface area contributed by atoms with Crippen molar-refractivity contribution in [2.75, 3.05) is 17.2 Å². The third-order valence-electron chi connectivity index (χ3n) is 3.47. The van der Waals surface area contributed by atoms with Gasteiger partial charge in [0.25, 0.3) is 0 Å². The number of rotatable bonds is 6. The standard InChI is InChI=1S/C17H24N4/c1-12(2)7-8-18-16-10-17(20-11-19-16)21-15-6-5-13(3)14(4)9-15/h5-6,9-12H,7-8H2,1-4H3,(H2,18,19,20,21). The summed E-state index contributed by atoms with van der Waals surface area (Å²) in [6.07, 6.45) is 2.71. The molecule has 112 valence electrons. The van der Waals surface area contributed by atoms with Crippen LogP contribution in [0, 0.1) is 19.8 Å². The van der Waals surface area contributed by atoms with Crippen LogP contribution in [-0.2, 0) is 0 Å². The zero-order chi connectivity index (χ0) is 15.2. The summed E-state index contributed by atoms with van der Waals surface area (Å²) >= 11 is 0. The topological polar surface area (TPSA) is 49.8 Å². The van der Waals surface area contributed by atoms with Crippen molar-refractivity contribution >= 4 is 17.3 Å². The molecule has 2 N–H and O–H groups in total. The minimum absolute atomic E-state index is 0.687. The van der Waals surface area contributed by atoms with E-state index >= 15 is 0 Å². The van der Waals surface area contributed by atoms with Crippen molar-refractivity contribution < 1.29 is 0 Å². The molecule has 0 bridgehead atoms. The number of hydrogen-bond acceptors (Lipinski definition) is 4. The van der Waals surface area contributed by atoms with Gasteiger partial charge in [-0.25, -0.2) is 9.97 Å². The first-order valence-electron chi connectivity index (χ1n) is 7.45. The molecule has 0 saturated carbocycles. The highest BCUT2D eigenvalue weighted by atomic mass is 15.1. The molecule has 0 saturated heterocycles. The summed E-state index contributed by atoms with van der Waals surface area (Å²) in [5.41, 5.74) is 3.61. The Bertz CT molecular complexity index is 593. The van der Waals surface area contributed by atoms with Crippen molar-refractivity contribution in [3.05, 3.63) is 41.7 Å². The molecule has 1 heterocycles. The highest BCUT2D eigenvalue weighted by molar-refractivity contribution is 5.60. The highest BCUT2D eigenvalue weighted by Crippen LogP contribution is 2.19. The second kappa shape index (κ2) is 7.07. The average Bonchev–Trinajstić information content (AvgIpc) is 2.43. The first-order valence-corrected chi connectivity index (χ1v) is 7.45. The average molecular weight is 284 g/mol. The summed E-state index contributed by atoms with van der Waals surface area (Å²) in [5.74, 6) is 2.35. The van der Waals surface area contributed by atoms with E-state index in [1.807, 2.05) is 6.07 Å². The Labute approximate surface area is 127 Å². The summed E-state index contributed by atoms with van der Waals surface area (Å²) in [5, 5.41) is 6.65. The van der Waals surface area contributed by atoms with E-state index in [0.717, 1.165) is 30.3 Å². The normalized spacial score (nSPS) is 10.7. The second-order valence-electron chi connectivity index (χ2n) is 5.82. The SMILES string of the molecule is Cc1ccc(Nc2cc(NCCC(C)C)ncn2)cc1C. The predicted octanol–water partition coefficient (Wildman–Crippen LogP) is 4.30. The minimum atomic E-state index is 0.687. The molecule has 0 radical (unpaired) electrons. The smallest absolute Gasteiger partial charge is 0.135 e. The molecular weight excluding hydrogens is 260 g/mol. The Hall–Kier alpha value is -2.10. The van der Waals surface area contributed by atoms with Gasteiger partial charge < -0.3 is 10.6 Å². The van der Waals surface area contributed by atoms with Crippen molar-refractivity contribution in [1.82, 2.24) is 9.97 Å². The molecule has 21 heavy (non-hydrogen) atoms. The molecular formula is C17H24N4. The summed E-state index contributed by atoms with van der Waals surface area (Å²) in [6.45, 7) is 9.58. The van der Waals surface area contributed by atoms with E-state index in [4.69, 9.17) is 0 Å². The Kier molecular flexibility index (Phi) is 5.14. The fourth-order valence-corrected chi connectivity index (χ4v) is 1.98. The zero-order valence-corrected chi connectivity index (χ0v) is 13.3. The van der Waals surface area contributed by atoms with E-state index < -0.39 is 0 Å². The van der Waals surface area contributed by atoms with Crippen LogP contribution in [0.2, 0.25) is 0 Å². The molecule has 4 nitrogen and oxygen atoms in total. The molecule has 0 unspecified atom stereocenters. The van der Waals surface area contributed by atoms with Crippen LogP contribution in [0.3, 0.4) is 0 Å². The van der Waals surface area contributed by atoms with Crippen LogP contribution in [0.1, 0.15) is 31.4 Å². The maximum atomic E-state index is 4.27. The lowest BCUT2D eigenvalue weighted by molar-refractivity contribution is 0.606. The van der Waals surface area contributed by atoms with E-state index in [9.17, 15) is 0 Å². The summed E-state index contributed by atoms with van der Waals surface area (Å²) in [6, 6.07) is 8.25. The van der Waals surface area contributed by atoms with E-state index in [1.54, 1.807) is 6.33 Å². The van der Waals surface area contributed by atoms with Crippen molar-refractivity contribution in [1.29, 1.82) is 0 Å². The number of aryl methyl sites for hydroxylation is 2. The molecule has 0 spiro atoms. The third kappa shape index (κ3) is 4.74. The quantitative estimate of drug-likeness (QED) is 0.830. The Morgan fingerprint density at radius 3 is 2.48 bits per heavy atom. The van der Waals surface area contributed by atoms with Gasteiger partial charge in [-0.1, -0.05) is 19.9 Å². The van der Waals surface area contributed by atoms with Gasteiger partial charge in [0.05, 0.1) is 0 Å². The third-order valence-corrected chi connectivity index (χ3v) is 3.47. The van der Waals surface area contributed by atoms with Crippen LogP contribution in [0.5, 0.6) is 0 Å². The monoisotopic (exact) mass is 284 g/mol. The lowest BCUT2D eigenvalue weighted by Gasteiger charge is -2.10. The summed E-state index contributed by atoms with van der Waals surface area (Å²) < 4.78 is 0. The molecule has 0 amide bonds. The molecule has 0 aliphatic carbocycles. The molecule has 1 aromatic heterocycles. The van der Waals surface area contributed by atoms with Crippen molar-refractivity contribution in [2.45, 2.75) is 34.1 Å². The van der Waals surface area contributed by atoms with Crippen molar-refractivity contribution in [3.8, 4) is 0 Å². The van der Waals surface area contributed by atoms with Gasteiger partial charge in [0.2, 0.25) is 0 Å². The zero-order valence-electron chi connectivity index (χ0n) is 13.3. The molecule has 0 fully saturated rings. The van der Waals surface area contributed by atoms with Crippen molar-refractivity contribution in [3.63, 3.8) is 0 Å². The van der Waals surface area contributed by atoms with E-state index in [1.165, 1.54) is 11.1 Å². The van der Waals surface area contributed by atoms with E-state index in [2.05, 4.69) is 66.5 Å². The lowest BCUT2D eigenvalue weighted by atomic mass is 10.1. The molecule has 0 aliphatic rings. The molecule has 1 aromatic carbocycles. The largest absolute Gasteiger partial charge is 0.370 e. The minimum Gasteiger partial charge on any atom is -0.370 e. The molecule has 4 heteroatoms. The fourth-order valence-electron chi connectivity index (χ4n) is 1.98. The van der Waals surface area contributed by atoms with Crippen LogP contribution in [0.4, 0.5) is 17.3 Å².